The van der Waals surface area contributed by atoms with E-state index in [9.17, 15) is 4.79 Å². The number of hydrogen-bond acceptors (Lipinski definition) is 3. The van der Waals surface area contributed by atoms with E-state index in [4.69, 9.17) is 0 Å². The van der Waals surface area contributed by atoms with Gasteiger partial charge in [0.1, 0.15) is 0 Å². The van der Waals surface area contributed by atoms with Crippen molar-refractivity contribution in [1.29, 1.82) is 0 Å². The first-order valence-electron chi connectivity index (χ1n) is 11.9. The number of carbonyl (C=O) groups is 1. The summed E-state index contributed by atoms with van der Waals surface area (Å²) in [6, 6.07) is 11.1. The Bertz CT molecular complexity index is 724. The van der Waals surface area contributed by atoms with Crippen molar-refractivity contribution in [1.82, 2.24) is 5.32 Å². The molecular formula is C27H41NOS. The van der Waals surface area contributed by atoms with E-state index in [0.29, 0.717) is 17.1 Å². The van der Waals surface area contributed by atoms with E-state index in [-0.39, 0.29) is 5.92 Å². The molecule has 2 saturated carbocycles. The van der Waals surface area contributed by atoms with Gasteiger partial charge in [0, 0.05) is 5.92 Å². The van der Waals surface area contributed by atoms with E-state index < -0.39 is 0 Å². The summed E-state index contributed by atoms with van der Waals surface area (Å²) in [6.07, 6.45) is 11.8. The van der Waals surface area contributed by atoms with Crippen molar-refractivity contribution in [2.24, 2.45) is 23.2 Å². The van der Waals surface area contributed by atoms with E-state index in [1.54, 1.807) is 0 Å². The van der Waals surface area contributed by atoms with E-state index in [2.05, 4.69) is 62.8 Å². The van der Waals surface area contributed by atoms with E-state index >= 15 is 0 Å². The lowest BCUT2D eigenvalue weighted by atomic mass is 9.52. The monoisotopic (exact) mass is 427 g/mol. The molecule has 2 aliphatic carbocycles. The van der Waals surface area contributed by atoms with E-state index in [1.807, 2.05) is 11.8 Å². The Morgan fingerprint density at radius 1 is 1.23 bits per heavy atom. The van der Waals surface area contributed by atoms with Crippen molar-refractivity contribution in [3.05, 3.63) is 47.0 Å². The molecule has 166 valence electrons. The molecule has 2 nitrogen and oxygen atoms in total. The number of allylic oxidation sites excluding steroid dienone is 2. The summed E-state index contributed by atoms with van der Waals surface area (Å²) < 4.78 is 0. The van der Waals surface area contributed by atoms with Crippen molar-refractivity contribution in [3.8, 4) is 0 Å². The van der Waals surface area contributed by atoms with Crippen molar-refractivity contribution >= 4 is 17.5 Å². The van der Waals surface area contributed by atoms with Gasteiger partial charge in [0.05, 0.1) is 0 Å². The van der Waals surface area contributed by atoms with Crippen molar-refractivity contribution in [2.75, 3.05) is 25.6 Å². The number of thioether (sulfide) groups is 1. The van der Waals surface area contributed by atoms with Crippen molar-refractivity contribution < 1.29 is 4.79 Å². The van der Waals surface area contributed by atoms with Gasteiger partial charge in [-0.3, -0.25) is 4.79 Å². The van der Waals surface area contributed by atoms with Crippen molar-refractivity contribution in [2.45, 2.75) is 65.2 Å². The Hall–Kier alpha value is -1.06. The zero-order chi connectivity index (χ0) is 21.6. The highest BCUT2D eigenvalue weighted by Gasteiger charge is 2.47. The molecule has 0 bridgehead atoms. The molecule has 0 heterocycles. The van der Waals surface area contributed by atoms with Crippen LogP contribution in [0.1, 0.15) is 64.4 Å². The van der Waals surface area contributed by atoms with Crippen LogP contribution in [-0.4, -0.2) is 31.4 Å². The number of benzene rings is 1. The Morgan fingerprint density at radius 2 is 2.00 bits per heavy atom. The van der Waals surface area contributed by atoms with Crippen molar-refractivity contribution in [3.63, 3.8) is 0 Å². The van der Waals surface area contributed by atoms with Crippen LogP contribution in [0.5, 0.6) is 0 Å². The average Bonchev–Trinajstić information content (AvgIpc) is 2.75. The molecule has 3 rings (SSSR count). The van der Waals surface area contributed by atoms with Gasteiger partial charge in [-0.25, -0.2) is 0 Å². The Kier molecular flexibility index (Phi) is 8.65. The molecule has 1 aromatic rings. The summed E-state index contributed by atoms with van der Waals surface area (Å²) in [5, 5.41) is 3.48. The number of nitrogens with one attached hydrogen (secondary N) is 1. The van der Waals surface area contributed by atoms with Crippen LogP contribution in [0, 0.1) is 23.2 Å². The maximum absolute atomic E-state index is 13.1. The van der Waals surface area contributed by atoms with Gasteiger partial charge in [-0.05, 0) is 98.9 Å². The average molecular weight is 428 g/mol. The van der Waals surface area contributed by atoms with Crippen LogP contribution >= 0.6 is 11.8 Å². The third kappa shape index (κ3) is 5.40. The summed E-state index contributed by atoms with van der Waals surface area (Å²) in [7, 11) is 2.10. The predicted molar refractivity (Wildman–Crippen MR) is 131 cm³/mol. The van der Waals surface area contributed by atoms with Crippen LogP contribution in [0.4, 0.5) is 0 Å². The highest BCUT2D eigenvalue weighted by Crippen LogP contribution is 2.56. The molecule has 2 aliphatic rings. The molecule has 0 radical (unpaired) electrons. The molecule has 0 spiro atoms. The van der Waals surface area contributed by atoms with E-state index in [1.165, 1.54) is 48.8 Å². The molecule has 1 N–H and O–H groups in total. The van der Waals surface area contributed by atoms with Crippen LogP contribution in [0.15, 0.2) is 41.5 Å². The summed E-state index contributed by atoms with van der Waals surface area (Å²) in [6.45, 7) is 5.23. The minimum Gasteiger partial charge on any atom is -0.319 e. The zero-order valence-corrected chi connectivity index (χ0v) is 20.3. The lowest BCUT2D eigenvalue weighted by Crippen LogP contribution is -2.46. The first-order chi connectivity index (χ1) is 14.5. The smallest absolute Gasteiger partial charge is 0.161 e. The van der Waals surface area contributed by atoms with Gasteiger partial charge in [-0.1, -0.05) is 56.2 Å². The molecule has 3 heteroatoms. The standard InChI is InChI=1S/C27H41NOS/c1-20(2)26(29)24(13-16-30-4)22-12-15-27(18-21-9-6-5-7-10-21)14-8-11-23(19-28-3)25(27)17-22/h5-7,9-10,20,23,25,28H,8,11-19H2,1-4H3/b24-22+/t23?,25-,27?/m0/s1. The van der Waals surface area contributed by atoms with Gasteiger partial charge < -0.3 is 5.32 Å². The molecule has 3 atom stereocenters. The van der Waals surface area contributed by atoms with Crippen LogP contribution in [0.2, 0.25) is 0 Å². The van der Waals surface area contributed by atoms with Gasteiger partial charge in [0.15, 0.2) is 5.78 Å². The van der Waals surface area contributed by atoms with Crippen LogP contribution in [0.25, 0.3) is 0 Å². The first kappa shape index (κ1) is 23.6. The second-order valence-corrected chi connectivity index (χ2v) is 10.9. The molecule has 2 unspecified atom stereocenters. The van der Waals surface area contributed by atoms with Gasteiger partial charge in [-0.15, -0.1) is 0 Å². The topological polar surface area (TPSA) is 29.1 Å². The maximum atomic E-state index is 13.1. The fourth-order valence-electron chi connectivity index (χ4n) is 6.18. The number of hydrogen-bond donors (Lipinski definition) is 1. The molecule has 2 fully saturated rings. The summed E-state index contributed by atoms with van der Waals surface area (Å²) in [5.41, 5.74) is 4.57. The number of Topliss-reactive ketones (excluding diaryl/α,β-unsaturated/α-hetero) is 1. The van der Waals surface area contributed by atoms with Gasteiger partial charge in [0.2, 0.25) is 0 Å². The molecule has 30 heavy (non-hydrogen) atoms. The molecule has 1 aromatic carbocycles. The third-order valence-corrected chi connectivity index (χ3v) is 8.28. The van der Waals surface area contributed by atoms with Gasteiger partial charge in [0.25, 0.3) is 0 Å². The van der Waals surface area contributed by atoms with Gasteiger partial charge >= 0.3 is 0 Å². The summed E-state index contributed by atoms with van der Waals surface area (Å²) in [5.74, 6) is 2.96. The van der Waals surface area contributed by atoms with Gasteiger partial charge in [-0.2, -0.15) is 11.8 Å². The number of carbonyl (C=O) groups excluding carboxylic acids is 1. The number of rotatable bonds is 9. The normalized spacial score (nSPS) is 28.3. The highest BCUT2D eigenvalue weighted by atomic mass is 32.2. The fourth-order valence-corrected chi connectivity index (χ4v) is 6.59. The largest absolute Gasteiger partial charge is 0.319 e. The Morgan fingerprint density at radius 3 is 2.67 bits per heavy atom. The van der Waals surface area contributed by atoms with Crippen LogP contribution in [0.3, 0.4) is 0 Å². The quantitative estimate of drug-likeness (QED) is 0.468. The summed E-state index contributed by atoms with van der Waals surface area (Å²) in [4.78, 5) is 13.1. The maximum Gasteiger partial charge on any atom is 0.161 e. The first-order valence-corrected chi connectivity index (χ1v) is 13.3. The second kappa shape index (κ2) is 11.0. The fraction of sp³-hybridized carbons (Fsp3) is 0.667. The third-order valence-electron chi connectivity index (χ3n) is 7.67. The minimum atomic E-state index is 0.102. The molecular weight excluding hydrogens is 386 g/mol. The van der Waals surface area contributed by atoms with Crippen LogP contribution in [-0.2, 0) is 11.2 Å². The molecule has 0 amide bonds. The minimum absolute atomic E-state index is 0.102. The highest BCUT2D eigenvalue weighted by molar-refractivity contribution is 7.98. The Balaban J connectivity index is 1.94. The number of ketones is 1. The lowest BCUT2D eigenvalue weighted by Gasteiger charge is -2.52. The predicted octanol–water partition coefficient (Wildman–Crippen LogP) is 6.31. The molecule has 0 aromatic heterocycles. The van der Waals surface area contributed by atoms with E-state index in [0.717, 1.165) is 37.5 Å². The van der Waals surface area contributed by atoms with Crippen LogP contribution < -0.4 is 5.32 Å². The zero-order valence-electron chi connectivity index (χ0n) is 19.5. The second-order valence-electron chi connectivity index (χ2n) is 9.89. The molecule has 0 saturated heterocycles. The Labute approximate surface area is 188 Å². The lowest BCUT2D eigenvalue weighted by molar-refractivity contribution is -0.118. The summed E-state index contributed by atoms with van der Waals surface area (Å²) >= 11 is 1.86. The SMILES string of the molecule is CNCC1CCCC2(Cc3ccccc3)CC/C(=C(/CCSC)C(=O)C(C)C)C[C@@H]12. The number of fused-ring (bicyclic) bond motifs is 1. The molecule has 0 aliphatic heterocycles.